The Balaban J connectivity index is 2.57. The third kappa shape index (κ3) is 4.18. The zero-order valence-corrected chi connectivity index (χ0v) is 15.3. The molecule has 0 aliphatic carbocycles. The van der Waals surface area contributed by atoms with Crippen molar-refractivity contribution in [3.05, 3.63) is 47.3 Å². The number of hydrogen-bond acceptors (Lipinski definition) is 7. The van der Waals surface area contributed by atoms with E-state index in [1.54, 1.807) is 30.5 Å². The molecule has 1 heterocycles. The largest absolute Gasteiger partial charge is 0.465 e. The van der Waals surface area contributed by atoms with Crippen LogP contribution in [-0.2, 0) is 24.3 Å². The summed E-state index contributed by atoms with van der Waals surface area (Å²) in [6, 6.07) is 9.05. The third-order valence-corrected chi connectivity index (χ3v) is 6.33. The number of carbonyl (C=O) groups is 2. The van der Waals surface area contributed by atoms with E-state index in [4.69, 9.17) is 9.47 Å². The van der Waals surface area contributed by atoms with Gasteiger partial charge in [-0.1, -0.05) is 18.2 Å². The number of hydrogen-bond donors (Lipinski definition) is 0. The molecule has 0 bridgehead atoms. The van der Waals surface area contributed by atoms with Crippen molar-refractivity contribution in [1.82, 2.24) is 0 Å². The molecule has 9 heteroatoms. The van der Waals surface area contributed by atoms with E-state index in [1.165, 1.54) is 25.3 Å². The van der Waals surface area contributed by atoms with Crippen LogP contribution in [0.4, 0.5) is 5.69 Å². The lowest BCUT2D eigenvalue weighted by atomic mass is 10.2. The lowest BCUT2D eigenvalue weighted by molar-refractivity contribution is -0.141. The molecular weight excluding hydrogens is 366 g/mol. The molecule has 0 spiro atoms. The van der Waals surface area contributed by atoms with Gasteiger partial charge in [0.15, 0.2) is 0 Å². The van der Waals surface area contributed by atoms with Crippen LogP contribution in [-0.4, -0.2) is 40.6 Å². The average molecular weight is 383 g/mol. The van der Waals surface area contributed by atoms with E-state index in [0.29, 0.717) is 0 Å². The Morgan fingerprint density at radius 3 is 2.48 bits per heavy atom. The van der Waals surface area contributed by atoms with Crippen molar-refractivity contribution in [2.75, 3.05) is 24.6 Å². The molecule has 0 aliphatic heterocycles. The van der Waals surface area contributed by atoms with Crippen LogP contribution < -0.4 is 4.31 Å². The van der Waals surface area contributed by atoms with Crippen molar-refractivity contribution in [3.63, 3.8) is 0 Å². The molecule has 0 radical (unpaired) electrons. The third-order valence-electron chi connectivity index (χ3n) is 3.20. The maximum atomic E-state index is 13.0. The first-order valence-corrected chi connectivity index (χ1v) is 9.63. The zero-order chi connectivity index (χ0) is 18.4. The van der Waals surface area contributed by atoms with E-state index in [-0.39, 0.29) is 22.1 Å². The first-order valence-electron chi connectivity index (χ1n) is 7.31. The van der Waals surface area contributed by atoms with Crippen molar-refractivity contribution < 1.29 is 27.5 Å². The summed E-state index contributed by atoms with van der Waals surface area (Å²) >= 11 is 1.02. The molecule has 0 N–H and O–H groups in total. The molecular formula is C16H17NO6S2. The van der Waals surface area contributed by atoms with E-state index in [2.05, 4.69) is 0 Å². The molecule has 0 saturated heterocycles. The highest BCUT2D eigenvalue weighted by Gasteiger charge is 2.31. The van der Waals surface area contributed by atoms with Crippen molar-refractivity contribution in [2.24, 2.45) is 0 Å². The number of rotatable bonds is 7. The number of carbonyl (C=O) groups excluding carboxylic acids is 2. The van der Waals surface area contributed by atoms with Crippen molar-refractivity contribution in [2.45, 2.75) is 11.1 Å². The molecule has 0 unspecified atom stereocenters. The molecule has 7 nitrogen and oxygen atoms in total. The summed E-state index contributed by atoms with van der Waals surface area (Å²) in [7, 11) is -2.85. The Kier molecular flexibility index (Phi) is 6.16. The number of nitrogens with zero attached hydrogens (tertiary/aromatic N) is 1. The molecule has 0 atom stereocenters. The molecule has 0 amide bonds. The number of thiophene rings is 1. The standard InChI is InChI=1S/C16H17NO6S2/c1-3-23-14(18)11-17(25(20,21)15-9-6-10-24-15)13-8-5-4-7-12(13)16(19)22-2/h4-10H,3,11H2,1-2H3. The van der Waals surface area contributed by atoms with Gasteiger partial charge in [-0.05, 0) is 30.5 Å². The lowest BCUT2D eigenvalue weighted by Crippen LogP contribution is -2.37. The fraction of sp³-hybridized carbons (Fsp3) is 0.250. The molecule has 1 aromatic carbocycles. The zero-order valence-electron chi connectivity index (χ0n) is 13.7. The second-order valence-electron chi connectivity index (χ2n) is 4.76. The van der Waals surface area contributed by atoms with Crippen LogP contribution in [0.5, 0.6) is 0 Å². The summed E-state index contributed by atoms with van der Waals surface area (Å²) in [6.45, 7) is 1.19. The van der Waals surface area contributed by atoms with Gasteiger partial charge in [0.2, 0.25) is 0 Å². The summed E-state index contributed by atoms with van der Waals surface area (Å²) in [5.74, 6) is -1.42. The first-order chi connectivity index (χ1) is 11.9. The Labute approximate surface area is 149 Å². The Morgan fingerprint density at radius 2 is 1.88 bits per heavy atom. The number of anilines is 1. The Hall–Kier alpha value is -2.39. The molecule has 2 aromatic rings. The number of benzene rings is 1. The van der Waals surface area contributed by atoms with Gasteiger partial charge in [-0.25, -0.2) is 13.2 Å². The van der Waals surface area contributed by atoms with Crippen molar-refractivity contribution in [1.29, 1.82) is 0 Å². The van der Waals surface area contributed by atoms with E-state index in [1.807, 2.05) is 0 Å². The lowest BCUT2D eigenvalue weighted by Gasteiger charge is -2.24. The average Bonchev–Trinajstić information content (AvgIpc) is 3.14. The molecule has 0 saturated carbocycles. The number of methoxy groups -OCH3 is 1. The summed E-state index contributed by atoms with van der Waals surface area (Å²) < 4.78 is 36.4. The highest BCUT2D eigenvalue weighted by molar-refractivity contribution is 7.94. The second kappa shape index (κ2) is 8.13. The van der Waals surface area contributed by atoms with Gasteiger partial charge < -0.3 is 9.47 Å². The van der Waals surface area contributed by atoms with Gasteiger partial charge >= 0.3 is 11.9 Å². The minimum absolute atomic E-state index is 0.0365. The van der Waals surface area contributed by atoms with Crippen LogP contribution in [0.3, 0.4) is 0 Å². The van der Waals surface area contributed by atoms with Crippen molar-refractivity contribution >= 4 is 39.0 Å². The SMILES string of the molecule is CCOC(=O)CN(c1ccccc1C(=O)OC)S(=O)(=O)c1cccs1. The first kappa shape index (κ1) is 18.9. The van der Waals surface area contributed by atoms with E-state index in [9.17, 15) is 18.0 Å². The van der Waals surface area contributed by atoms with Gasteiger partial charge in [0.05, 0.1) is 25.0 Å². The van der Waals surface area contributed by atoms with Gasteiger partial charge in [-0.3, -0.25) is 9.10 Å². The monoisotopic (exact) mass is 383 g/mol. The normalized spacial score (nSPS) is 11.0. The number of para-hydroxylation sites is 1. The maximum Gasteiger partial charge on any atom is 0.340 e. The van der Waals surface area contributed by atoms with Crippen LogP contribution >= 0.6 is 11.3 Å². The van der Waals surface area contributed by atoms with E-state index in [0.717, 1.165) is 15.6 Å². The number of ether oxygens (including phenoxy) is 2. The molecule has 0 fully saturated rings. The summed E-state index contributed by atoms with van der Waals surface area (Å²) in [5.41, 5.74) is 0.0882. The summed E-state index contributed by atoms with van der Waals surface area (Å²) in [4.78, 5) is 24.0. The predicted molar refractivity (Wildman–Crippen MR) is 93.3 cm³/mol. The summed E-state index contributed by atoms with van der Waals surface area (Å²) in [6.07, 6.45) is 0. The quantitative estimate of drug-likeness (QED) is 0.682. The minimum Gasteiger partial charge on any atom is -0.465 e. The summed E-state index contributed by atoms with van der Waals surface area (Å²) in [5, 5.41) is 1.61. The minimum atomic E-state index is -4.05. The number of sulfonamides is 1. The topological polar surface area (TPSA) is 90.0 Å². The fourth-order valence-electron chi connectivity index (χ4n) is 2.12. The smallest absolute Gasteiger partial charge is 0.340 e. The Bertz CT molecular complexity index is 845. The van der Waals surface area contributed by atoms with E-state index >= 15 is 0 Å². The van der Waals surface area contributed by atoms with Gasteiger partial charge in [-0.15, -0.1) is 11.3 Å². The van der Waals surface area contributed by atoms with Crippen LogP contribution in [0.25, 0.3) is 0 Å². The molecule has 2 rings (SSSR count). The van der Waals surface area contributed by atoms with E-state index < -0.39 is 28.5 Å². The molecule has 134 valence electrons. The fourth-order valence-corrected chi connectivity index (χ4v) is 4.65. The van der Waals surface area contributed by atoms with Gasteiger partial charge in [0, 0.05) is 0 Å². The van der Waals surface area contributed by atoms with Crippen LogP contribution in [0.1, 0.15) is 17.3 Å². The van der Waals surface area contributed by atoms with Crippen LogP contribution in [0.15, 0.2) is 46.0 Å². The maximum absolute atomic E-state index is 13.0. The molecule has 1 aromatic heterocycles. The molecule has 0 aliphatic rings. The van der Waals surface area contributed by atoms with Gasteiger partial charge in [-0.2, -0.15) is 0 Å². The van der Waals surface area contributed by atoms with Crippen LogP contribution in [0, 0.1) is 0 Å². The second-order valence-corrected chi connectivity index (χ2v) is 7.79. The highest BCUT2D eigenvalue weighted by atomic mass is 32.2. The Morgan fingerprint density at radius 1 is 1.16 bits per heavy atom. The highest BCUT2D eigenvalue weighted by Crippen LogP contribution is 2.29. The van der Waals surface area contributed by atoms with Crippen molar-refractivity contribution in [3.8, 4) is 0 Å². The van der Waals surface area contributed by atoms with Crippen LogP contribution in [0.2, 0.25) is 0 Å². The van der Waals surface area contributed by atoms with Gasteiger partial charge in [0.1, 0.15) is 10.8 Å². The van der Waals surface area contributed by atoms with Gasteiger partial charge in [0.25, 0.3) is 10.0 Å². The number of esters is 2. The molecule has 25 heavy (non-hydrogen) atoms. The predicted octanol–water partition coefficient (Wildman–Crippen LogP) is 2.29.